The molecule has 0 radical (unpaired) electrons. The Hall–Kier alpha value is -1.59. The molecular weight excluding hydrogens is 402 g/mol. The zero-order chi connectivity index (χ0) is 23.1. The first-order valence-corrected chi connectivity index (χ1v) is 12.6. The van der Waals surface area contributed by atoms with Crippen molar-refractivity contribution in [3.8, 4) is 5.75 Å². The van der Waals surface area contributed by atoms with Crippen LogP contribution in [0.3, 0.4) is 0 Å². The van der Waals surface area contributed by atoms with Gasteiger partial charge in [-0.25, -0.2) is 0 Å². The molecule has 0 bridgehead atoms. The fraction of sp³-hybridized carbons (Fsp3) is 0.741. The molecule has 5 heteroatoms. The number of fused-ring (bicyclic) bond motifs is 1. The van der Waals surface area contributed by atoms with Gasteiger partial charge >= 0.3 is 5.97 Å². The van der Waals surface area contributed by atoms with Crippen LogP contribution in [0.25, 0.3) is 0 Å². The molecule has 32 heavy (non-hydrogen) atoms. The van der Waals surface area contributed by atoms with Gasteiger partial charge in [-0.15, -0.1) is 0 Å². The van der Waals surface area contributed by atoms with Crippen LogP contribution in [0.2, 0.25) is 0 Å². The second-order valence-corrected chi connectivity index (χ2v) is 9.86. The van der Waals surface area contributed by atoms with Gasteiger partial charge in [-0.3, -0.25) is 4.79 Å². The van der Waals surface area contributed by atoms with Crippen LogP contribution in [0.4, 0.5) is 0 Å². The van der Waals surface area contributed by atoms with E-state index in [1.807, 2.05) is 12.1 Å². The summed E-state index contributed by atoms with van der Waals surface area (Å²) in [5.74, 6) is 0.850. The van der Waals surface area contributed by atoms with E-state index < -0.39 is 0 Å². The van der Waals surface area contributed by atoms with Crippen LogP contribution in [-0.2, 0) is 26.1 Å². The molecule has 2 aliphatic rings. The molecule has 0 aromatic heterocycles. The molecule has 0 spiro atoms. The predicted octanol–water partition coefficient (Wildman–Crippen LogP) is 5.13. The van der Waals surface area contributed by atoms with Crippen LogP contribution >= 0.6 is 0 Å². The van der Waals surface area contributed by atoms with Crippen LogP contribution < -0.4 is 5.32 Å². The van der Waals surface area contributed by atoms with Gasteiger partial charge in [-0.2, -0.15) is 0 Å². The van der Waals surface area contributed by atoms with Gasteiger partial charge in [0.2, 0.25) is 0 Å². The lowest BCUT2D eigenvalue weighted by Crippen LogP contribution is -2.59. The second kappa shape index (κ2) is 11.5. The summed E-state index contributed by atoms with van der Waals surface area (Å²) in [4.78, 5) is 12.5. The first kappa shape index (κ1) is 25.0. The molecular formula is C27H43NO4. The lowest BCUT2D eigenvalue weighted by Gasteiger charge is -2.49. The third-order valence-corrected chi connectivity index (χ3v) is 8.32. The topological polar surface area (TPSA) is 67.8 Å². The van der Waals surface area contributed by atoms with Gasteiger partial charge in [0.05, 0.1) is 19.1 Å². The summed E-state index contributed by atoms with van der Waals surface area (Å²) >= 11 is 0. The number of benzene rings is 1. The fourth-order valence-electron chi connectivity index (χ4n) is 6.42. The third kappa shape index (κ3) is 5.31. The van der Waals surface area contributed by atoms with E-state index in [9.17, 15) is 9.90 Å². The van der Waals surface area contributed by atoms with Crippen LogP contribution in [0, 0.1) is 11.8 Å². The Kier molecular flexibility index (Phi) is 9.01. The maximum absolute atomic E-state index is 12.5. The van der Waals surface area contributed by atoms with E-state index in [1.54, 1.807) is 13.2 Å². The van der Waals surface area contributed by atoms with Crippen molar-refractivity contribution in [1.82, 2.24) is 5.32 Å². The smallest absolute Gasteiger partial charge is 0.308 e. The fourth-order valence-corrected chi connectivity index (χ4v) is 6.42. The maximum Gasteiger partial charge on any atom is 0.308 e. The maximum atomic E-state index is 12.5. The molecule has 2 aliphatic carbocycles. The monoisotopic (exact) mass is 445 g/mol. The number of nitrogens with one attached hydrogen (secondary N) is 1. The third-order valence-electron chi connectivity index (χ3n) is 8.32. The second-order valence-electron chi connectivity index (χ2n) is 9.86. The summed E-state index contributed by atoms with van der Waals surface area (Å²) in [6.07, 6.45) is 10.9. The largest absolute Gasteiger partial charge is 0.508 e. The Morgan fingerprint density at radius 2 is 1.91 bits per heavy atom. The Morgan fingerprint density at radius 1 is 1.19 bits per heavy atom. The van der Waals surface area contributed by atoms with Crippen LogP contribution in [0.1, 0.15) is 82.8 Å². The first-order valence-electron chi connectivity index (χ1n) is 12.6. The van der Waals surface area contributed by atoms with Crippen LogP contribution in [0.5, 0.6) is 5.75 Å². The minimum Gasteiger partial charge on any atom is -0.508 e. The molecule has 1 aromatic rings. The lowest BCUT2D eigenvalue weighted by atomic mass is 9.62. The highest BCUT2D eigenvalue weighted by Crippen LogP contribution is 2.44. The number of phenols is 1. The predicted molar refractivity (Wildman–Crippen MR) is 128 cm³/mol. The molecule has 3 rings (SSSR count). The highest BCUT2D eigenvalue weighted by Gasteiger charge is 2.46. The summed E-state index contributed by atoms with van der Waals surface area (Å²) in [7, 11) is 3.30. The molecule has 2 N–H and O–H groups in total. The molecule has 0 heterocycles. The number of methoxy groups -OCH3 is 2. The summed E-state index contributed by atoms with van der Waals surface area (Å²) in [5, 5.41) is 14.0. The van der Waals surface area contributed by atoms with E-state index in [1.165, 1.54) is 50.3 Å². The van der Waals surface area contributed by atoms with E-state index in [-0.39, 0.29) is 29.4 Å². The van der Waals surface area contributed by atoms with Gasteiger partial charge < -0.3 is 19.9 Å². The van der Waals surface area contributed by atoms with Crippen molar-refractivity contribution in [2.75, 3.05) is 20.8 Å². The van der Waals surface area contributed by atoms with E-state index in [0.29, 0.717) is 11.7 Å². The van der Waals surface area contributed by atoms with Gasteiger partial charge in [0.15, 0.2) is 0 Å². The van der Waals surface area contributed by atoms with Crippen molar-refractivity contribution in [2.45, 2.75) is 95.6 Å². The number of esters is 1. The molecule has 1 fully saturated rings. The highest BCUT2D eigenvalue weighted by atomic mass is 16.5. The van der Waals surface area contributed by atoms with E-state index >= 15 is 0 Å². The zero-order valence-corrected chi connectivity index (χ0v) is 20.5. The minimum atomic E-state index is -0.114. The Bertz CT molecular complexity index is 739. The molecule has 3 atom stereocenters. The van der Waals surface area contributed by atoms with Crippen LogP contribution in [-0.4, -0.2) is 44.0 Å². The van der Waals surface area contributed by atoms with Crippen molar-refractivity contribution in [3.05, 3.63) is 29.3 Å². The molecule has 0 saturated heterocycles. The number of aromatic hydroxyl groups is 1. The van der Waals surface area contributed by atoms with Crippen molar-refractivity contribution >= 4 is 5.97 Å². The summed E-state index contributed by atoms with van der Waals surface area (Å²) in [5.41, 5.74) is 2.39. The van der Waals surface area contributed by atoms with Gasteiger partial charge in [0, 0.05) is 25.0 Å². The van der Waals surface area contributed by atoms with Gasteiger partial charge in [0.1, 0.15) is 5.75 Å². The summed E-state index contributed by atoms with van der Waals surface area (Å²) < 4.78 is 11.1. The Morgan fingerprint density at radius 3 is 2.53 bits per heavy atom. The van der Waals surface area contributed by atoms with Crippen molar-refractivity contribution < 1.29 is 19.4 Å². The Labute approximate surface area is 194 Å². The molecule has 5 nitrogen and oxygen atoms in total. The van der Waals surface area contributed by atoms with Gasteiger partial charge in [-0.1, -0.05) is 52.0 Å². The highest BCUT2D eigenvalue weighted by molar-refractivity contribution is 5.72. The van der Waals surface area contributed by atoms with Gasteiger partial charge in [0.25, 0.3) is 0 Å². The van der Waals surface area contributed by atoms with Crippen molar-refractivity contribution in [1.29, 1.82) is 0 Å². The normalized spacial score (nSPS) is 24.0. The SMILES string of the molecule is CCC1(CC)c2cc(O)ccc2C[C@H](OC)[C@H]1NCCC(CC1CCCCC1)C(=O)OC. The van der Waals surface area contributed by atoms with Crippen molar-refractivity contribution in [2.24, 2.45) is 11.8 Å². The number of ether oxygens (including phenoxy) is 2. The molecule has 1 saturated carbocycles. The molecule has 180 valence electrons. The quantitative estimate of drug-likeness (QED) is 0.489. The average Bonchev–Trinajstić information content (AvgIpc) is 2.83. The van der Waals surface area contributed by atoms with Crippen LogP contribution in [0.15, 0.2) is 18.2 Å². The van der Waals surface area contributed by atoms with Gasteiger partial charge in [-0.05, 0) is 61.4 Å². The lowest BCUT2D eigenvalue weighted by molar-refractivity contribution is -0.146. The number of carbonyl (C=O) groups is 1. The first-order chi connectivity index (χ1) is 15.5. The summed E-state index contributed by atoms with van der Waals surface area (Å²) in [6, 6.07) is 5.90. The zero-order valence-electron chi connectivity index (χ0n) is 20.5. The number of rotatable bonds is 10. The minimum absolute atomic E-state index is 0.0471. The van der Waals surface area contributed by atoms with E-state index in [4.69, 9.17) is 9.47 Å². The number of hydrogen-bond donors (Lipinski definition) is 2. The van der Waals surface area contributed by atoms with Crippen molar-refractivity contribution in [3.63, 3.8) is 0 Å². The molecule has 1 aromatic carbocycles. The molecule has 1 unspecified atom stereocenters. The molecule has 0 aliphatic heterocycles. The standard InChI is InChI=1S/C27H43NO4/c1-5-27(6-2)23-18-22(29)13-12-20(23)17-24(31-3)25(27)28-15-14-21(26(30)32-4)16-19-10-8-7-9-11-19/h12-13,18-19,21,24-25,28-29H,5-11,14-17H2,1-4H3/t21?,24-,25+/m0/s1. The van der Waals surface area contributed by atoms with E-state index in [0.717, 1.165) is 38.6 Å². The summed E-state index contributed by atoms with van der Waals surface area (Å²) in [6.45, 7) is 5.21. The number of carbonyl (C=O) groups excluding carboxylic acids is 1. The molecule has 0 amide bonds. The Balaban J connectivity index is 1.75. The van der Waals surface area contributed by atoms with E-state index in [2.05, 4.69) is 19.2 Å². The number of phenolic OH excluding ortho intramolecular Hbond substituents is 1. The average molecular weight is 446 g/mol. The number of hydrogen-bond acceptors (Lipinski definition) is 5.